The first-order chi connectivity index (χ1) is 10.8. The lowest BCUT2D eigenvalue weighted by molar-refractivity contribution is -0.0378. The maximum atomic E-state index is 9.67. The lowest BCUT2D eigenvalue weighted by Gasteiger charge is -2.16. The van der Waals surface area contributed by atoms with Crippen LogP contribution in [0.1, 0.15) is 71.1 Å². The highest BCUT2D eigenvalue weighted by molar-refractivity contribution is 4.94. The minimum Gasteiger partial charge on any atom is -0.388 e. The van der Waals surface area contributed by atoms with Crippen molar-refractivity contribution in [2.24, 2.45) is 0 Å². The van der Waals surface area contributed by atoms with E-state index >= 15 is 0 Å². The predicted molar refractivity (Wildman–Crippen MR) is 87.1 cm³/mol. The van der Waals surface area contributed by atoms with Gasteiger partial charge in [0.1, 0.15) is 24.4 Å². The molecule has 0 amide bonds. The van der Waals surface area contributed by atoms with Gasteiger partial charge in [-0.15, -0.1) is 0 Å². The second-order valence-corrected chi connectivity index (χ2v) is 6.75. The minimum atomic E-state index is -0.476. The van der Waals surface area contributed by atoms with Crippen LogP contribution in [0.2, 0.25) is 0 Å². The molecule has 4 atom stereocenters. The molecular weight excluding hydrogens is 280 g/mol. The molecule has 4 nitrogen and oxygen atoms in total. The van der Waals surface area contributed by atoms with Crippen LogP contribution in [0, 0.1) is 0 Å². The molecule has 4 heteroatoms. The number of hydrogen-bond donors (Lipinski definition) is 1. The summed E-state index contributed by atoms with van der Waals surface area (Å²) in [7, 11) is 0. The second kappa shape index (κ2) is 10.6. The van der Waals surface area contributed by atoms with Gasteiger partial charge in [-0.05, 0) is 6.42 Å². The molecule has 2 aliphatic rings. The zero-order chi connectivity index (χ0) is 15.6. The van der Waals surface area contributed by atoms with Crippen LogP contribution in [0.25, 0.3) is 0 Å². The summed E-state index contributed by atoms with van der Waals surface area (Å²) in [6.45, 7) is 3.99. The Hall–Kier alpha value is -0.160. The monoisotopic (exact) mass is 314 g/mol. The molecule has 2 rings (SSSR count). The number of fused-ring (bicyclic) bond motifs is 1. The van der Waals surface area contributed by atoms with Crippen molar-refractivity contribution in [3.63, 3.8) is 0 Å². The van der Waals surface area contributed by atoms with Gasteiger partial charge >= 0.3 is 0 Å². The summed E-state index contributed by atoms with van der Waals surface area (Å²) in [4.78, 5) is 0. The van der Waals surface area contributed by atoms with E-state index in [-0.39, 0.29) is 18.3 Å². The van der Waals surface area contributed by atoms with Crippen LogP contribution in [-0.4, -0.2) is 49.3 Å². The van der Waals surface area contributed by atoms with Gasteiger partial charge in [-0.2, -0.15) is 0 Å². The second-order valence-electron chi connectivity index (χ2n) is 6.75. The van der Waals surface area contributed by atoms with Crippen molar-refractivity contribution in [2.45, 2.75) is 95.5 Å². The first-order valence-electron chi connectivity index (χ1n) is 9.35. The molecule has 0 aromatic heterocycles. The van der Waals surface area contributed by atoms with Crippen molar-refractivity contribution in [1.29, 1.82) is 0 Å². The SMILES string of the molecule is CCCCCCCCCCCCO[C@@H]1CO[C@@H]2[C@H]1OC[C@@H]2O. The standard InChI is InChI=1S/C18H34O4/c1-2-3-4-5-6-7-8-9-10-11-12-20-16-14-22-17-15(19)13-21-18(16)17/h15-19H,2-14H2,1H3/t15-,16+,17-,18-/m0/s1. The van der Waals surface area contributed by atoms with Gasteiger partial charge in [-0.1, -0.05) is 64.7 Å². The summed E-state index contributed by atoms with van der Waals surface area (Å²) in [5.74, 6) is 0. The van der Waals surface area contributed by atoms with E-state index in [2.05, 4.69) is 6.92 Å². The van der Waals surface area contributed by atoms with Crippen molar-refractivity contribution in [3.8, 4) is 0 Å². The molecule has 2 saturated heterocycles. The van der Waals surface area contributed by atoms with E-state index in [0.717, 1.165) is 13.0 Å². The first-order valence-corrected chi connectivity index (χ1v) is 9.35. The van der Waals surface area contributed by atoms with E-state index in [1.54, 1.807) is 0 Å². The molecule has 2 heterocycles. The summed E-state index contributed by atoms with van der Waals surface area (Å²) in [5.41, 5.74) is 0. The average molecular weight is 314 g/mol. The number of hydrogen-bond acceptors (Lipinski definition) is 4. The highest BCUT2D eigenvalue weighted by Gasteiger charge is 2.47. The fourth-order valence-electron chi connectivity index (χ4n) is 3.41. The van der Waals surface area contributed by atoms with Crippen LogP contribution >= 0.6 is 0 Å². The zero-order valence-corrected chi connectivity index (χ0v) is 14.2. The highest BCUT2D eigenvalue weighted by Crippen LogP contribution is 2.28. The molecule has 0 unspecified atom stereocenters. The molecule has 0 aromatic rings. The van der Waals surface area contributed by atoms with Crippen LogP contribution in [0.3, 0.4) is 0 Å². The van der Waals surface area contributed by atoms with E-state index in [0.29, 0.717) is 13.2 Å². The topological polar surface area (TPSA) is 47.9 Å². The van der Waals surface area contributed by atoms with Gasteiger partial charge < -0.3 is 19.3 Å². The molecule has 0 bridgehead atoms. The van der Waals surface area contributed by atoms with E-state index in [1.165, 1.54) is 57.8 Å². The van der Waals surface area contributed by atoms with Gasteiger partial charge in [0.2, 0.25) is 0 Å². The normalized spacial score (nSPS) is 30.8. The highest BCUT2D eigenvalue weighted by atomic mass is 16.6. The van der Waals surface area contributed by atoms with Gasteiger partial charge in [0.15, 0.2) is 0 Å². The molecule has 0 radical (unpaired) electrons. The van der Waals surface area contributed by atoms with Gasteiger partial charge in [0.25, 0.3) is 0 Å². The van der Waals surface area contributed by atoms with Gasteiger partial charge in [0.05, 0.1) is 13.2 Å². The summed E-state index contributed by atoms with van der Waals surface area (Å²) in [6, 6.07) is 0. The smallest absolute Gasteiger partial charge is 0.115 e. The third kappa shape index (κ3) is 5.80. The fraction of sp³-hybridized carbons (Fsp3) is 1.00. The minimum absolute atomic E-state index is 0.0146. The third-order valence-electron chi connectivity index (χ3n) is 4.81. The van der Waals surface area contributed by atoms with Crippen molar-refractivity contribution in [2.75, 3.05) is 19.8 Å². The molecule has 22 heavy (non-hydrogen) atoms. The molecule has 0 aromatic carbocycles. The van der Waals surface area contributed by atoms with Crippen LogP contribution in [0.15, 0.2) is 0 Å². The first kappa shape index (κ1) is 18.2. The van der Waals surface area contributed by atoms with E-state index in [1.807, 2.05) is 0 Å². The van der Waals surface area contributed by atoms with Gasteiger partial charge in [-0.3, -0.25) is 0 Å². The maximum absolute atomic E-state index is 9.67. The Morgan fingerprint density at radius 1 is 0.818 bits per heavy atom. The summed E-state index contributed by atoms with van der Waals surface area (Å²) >= 11 is 0. The zero-order valence-electron chi connectivity index (χ0n) is 14.2. The number of unbranched alkanes of at least 4 members (excludes halogenated alkanes) is 9. The van der Waals surface area contributed by atoms with Crippen LogP contribution in [0.5, 0.6) is 0 Å². The van der Waals surface area contributed by atoms with Crippen LogP contribution < -0.4 is 0 Å². The lowest BCUT2D eigenvalue weighted by Crippen LogP contribution is -2.33. The van der Waals surface area contributed by atoms with Crippen molar-refractivity contribution >= 4 is 0 Å². The van der Waals surface area contributed by atoms with Crippen LogP contribution in [-0.2, 0) is 14.2 Å². The number of ether oxygens (including phenoxy) is 3. The van der Waals surface area contributed by atoms with Crippen molar-refractivity contribution in [3.05, 3.63) is 0 Å². The van der Waals surface area contributed by atoms with E-state index in [4.69, 9.17) is 14.2 Å². The largest absolute Gasteiger partial charge is 0.388 e. The Kier molecular flexibility index (Phi) is 8.75. The number of aliphatic hydroxyl groups excluding tert-OH is 1. The quantitative estimate of drug-likeness (QED) is 0.561. The Balaban J connectivity index is 1.38. The van der Waals surface area contributed by atoms with Crippen molar-refractivity contribution < 1.29 is 19.3 Å². The Labute approximate surface area is 135 Å². The van der Waals surface area contributed by atoms with Gasteiger partial charge in [0, 0.05) is 6.61 Å². The Morgan fingerprint density at radius 3 is 2.09 bits per heavy atom. The molecule has 2 aliphatic heterocycles. The molecule has 2 fully saturated rings. The third-order valence-corrected chi connectivity index (χ3v) is 4.81. The molecule has 0 aliphatic carbocycles. The molecular formula is C18H34O4. The lowest BCUT2D eigenvalue weighted by atomic mass is 10.1. The van der Waals surface area contributed by atoms with Gasteiger partial charge in [-0.25, -0.2) is 0 Å². The fourth-order valence-corrected chi connectivity index (χ4v) is 3.41. The number of aliphatic hydroxyl groups is 1. The average Bonchev–Trinajstić information content (AvgIpc) is 3.09. The molecule has 1 N–H and O–H groups in total. The Morgan fingerprint density at radius 2 is 1.41 bits per heavy atom. The maximum Gasteiger partial charge on any atom is 0.115 e. The summed E-state index contributed by atoms with van der Waals surface area (Å²) in [5, 5.41) is 9.67. The van der Waals surface area contributed by atoms with Crippen molar-refractivity contribution in [1.82, 2.24) is 0 Å². The van der Waals surface area contributed by atoms with Crippen LogP contribution in [0.4, 0.5) is 0 Å². The van der Waals surface area contributed by atoms with E-state index < -0.39 is 6.10 Å². The molecule has 130 valence electrons. The number of rotatable bonds is 12. The molecule has 0 spiro atoms. The summed E-state index contributed by atoms with van der Waals surface area (Å²) < 4.78 is 17.0. The summed E-state index contributed by atoms with van der Waals surface area (Å²) in [6.07, 6.45) is 12.7. The molecule has 0 saturated carbocycles. The van der Waals surface area contributed by atoms with E-state index in [9.17, 15) is 5.11 Å². The predicted octanol–water partition coefficient (Wildman–Crippen LogP) is 3.45. The Bertz CT molecular complexity index is 284.